The molecule has 1 heterocycles. The van der Waals surface area contributed by atoms with Crippen LogP contribution < -0.4 is 10.6 Å². The van der Waals surface area contributed by atoms with Crippen LogP contribution in [0.3, 0.4) is 0 Å². The van der Waals surface area contributed by atoms with Gasteiger partial charge in [-0.05, 0) is 31.9 Å². The summed E-state index contributed by atoms with van der Waals surface area (Å²) in [7, 11) is 0. The van der Waals surface area contributed by atoms with Gasteiger partial charge in [-0.15, -0.1) is 24.0 Å². The van der Waals surface area contributed by atoms with Gasteiger partial charge in [0.2, 0.25) is 0 Å². The van der Waals surface area contributed by atoms with Crippen LogP contribution in [-0.4, -0.2) is 79.8 Å². The van der Waals surface area contributed by atoms with E-state index in [-0.39, 0.29) is 24.0 Å². The Morgan fingerprint density at radius 2 is 1.72 bits per heavy atom. The molecule has 0 aromatic heterocycles. The smallest absolute Gasteiger partial charge is 0.191 e. The zero-order valence-electron chi connectivity index (χ0n) is 18.5. The van der Waals surface area contributed by atoms with Gasteiger partial charge in [0.05, 0.1) is 6.54 Å². The fourth-order valence-corrected chi connectivity index (χ4v) is 3.53. The molecule has 1 aromatic carbocycles. The number of nitrogens with zero attached hydrogens (tertiary/aromatic N) is 3. The van der Waals surface area contributed by atoms with Gasteiger partial charge in [-0.2, -0.15) is 0 Å². The quantitative estimate of drug-likeness (QED) is 0.267. The van der Waals surface area contributed by atoms with Gasteiger partial charge in [0, 0.05) is 45.8 Å². The van der Waals surface area contributed by atoms with Gasteiger partial charge in [0.25, 0.3) is 0 Å². The van der Waals surface area contributed by atoms with Crippen LogP contribution in [0.4, 0.5) is 0 Å². The van der Waals surface area contributed by atoms with Gasteiger partial charge in [0.15, 0.2) is 5.96 Å². The molecule has 0 saturated carbocycles. The molecule has 1 aliphatic heterocycles. The molecule has 0 radical (unpaired) electrons. The molecule has 7 heteroatoms. The number of benzene rings is 1. The minimum atomic E-state index is -0.978. The number of hydrogen-bond donors (Lipinski definition) is 3. The van der Waals surface area contributed by atoms with Crippen molar-refractivity contribution in [3.05, 3.63) is 35.9 Å². The summed E-state index contributed by atoms with van der Waals surface area (Å²) in [5, 5.41) is 17.5. The van der Waals surface area contributed by atoms with Crippen LogP contribution in [0.2, 0.25) is 0 Å². The highest BCUT2D eigenvalue weighted by Gasteiger charge is 2.22. The highest BCUT2D eigenvalue weighted by Crippen LogP contribution is 2.20. The minimum absolute atomic E-state index is 0. The van der Waals surface area contributed by atoms with Crippen molar-refractivity contribution in [2.24, 2.45) is 10.9 Å². The molecule has 2 rings (SSSR count). The van der Waals surface area contributed by atoms with E-state index >= 15 is 0 Å². The van der Waals surface area contributed by atoms with Crippen molar-refractivity contribution in [3.8, 4) is 0 Å². The Balaban J connectivity index is 0.00000420. The zero-order chi connectivity index (χ0) is 20.4. The molecule has 2 atom stereocenters. The van der Waals surface area contributed by atoms with Crippen LogP contribution in [0.15, 0.2) is 35.3 Å². The summed E-state index contributed by atoms with van der Waals surface area (Å²) in [4.78, 5) is 9.69. The maximum Gasteiger partial charge on any atom is 0.191 e. The first-order valence-electron chi connectivity index (χ1n) is 10.7. The largest absolute Gasteiger partial charge is 0.384 e. The maximum atomic E-state index is 10.8. The normalized spacial score (nSPS) is 19.1. The lowest BCUT2D eigenvalue weighted by atomic mass is 9.96. The Morgan fingerprint density at radius 1 is 1.10 bits per heavy atom. The lowest BCUT2D eigenvalue weighted by molar-refractivity contribution is 0.0672. The molecule has 6 nitrogen and oxygen atoms in total. The minimum Gasteiger partial charge on any atom is -0.384 e. The Bertz CT molecular complexity index is 588. The van der Waals surface area contributed by atoms with E-state index in [9.17, 15) is 5.11 Å². The fraction of sp³-hybridized carbons (Fsp3) is 0.682. The van der Waals surface area contributed by atoms with Gasteiger partial charge < -0.3 is 25.5 Å². The topological polar surface area (TPSA) is 63.1 Å². The molecule has 1 aromatic rings. The molecule has 3 N–H and O–H groups in total. The van der Waals surface area contributed by atoms with E-state index in [4.69, 9.17) is 0 Å². The maximum absolute atomic E-state index is 10.8. The van der Waals surface area contributed by atoms with E-state index in [1.165, 1.54) is 13.1 Å². The SMILES string of the molecule is CCNC(=NCC(C)(O)c1ccccc1)NCC(C)CN1CCN(CC)CC1.I. The number of aliphatic hydroxyl groups is 1. The molecule has 29 heavy (non-hydrogen) atoms. The molecule has 1 aliphatic rings. The summed E-state index contributed by atoms with van der Waals surface area (Å²) >= 11 is 0. The van der Waals surface area contributed by atoms with Gasteiger partial charge >= 0.3 is 0 Å². The first-order chi connectivity index (χ1) is 13.4. The van der Waals surface area contributed by atoms with E-state index in [1.54, 1.807) is 0 Å². The van der Waals surface area contributed by atoms with Gasteiger partial charge in [-0.3, -0.25) is 0 Å². The molecular weight excluding hydrogens is 477 g/mol. The Kier molecular flexibility index (Phi) is 12.1. The molecule has 0 amide bonds. The highest BCUT2D eigenvalue weighted by atomic mass is 127. The molecular formula is C22H40IN5O. The number of nitrogens with one attached hydrogen (secondary N) is 2. The summed E-state index contributed by atoms with van der Waals surface area (Å²) in [6.07, 6.45) is 0. The monoisotopic (exact) mass is 517 g/mol. The summed E-state index contributed by atoms with van der Waals surface area (Å²) in [6, 6.07) is 9.72. The van der Waals surface area contributed by atoms with Crippen LogP contribution >= 0.6 is 24.0 Å². The first kappa shape index (κ1) is 26.1. The van der Waals surface area contributed by atoms with Gasteiger partial charge in [-0.1, -0.05) is 44.2 Å². The fourth-order valence-electron chi connectivity index (χ4n) is 3.53. The summed E-state index contributed by atoms with van der Waals surface area (Å²) in [6.45, 7) is 17.3. The summed E-state index contributed by atoms with van der Waals surface area (Å²) < 4.78 is 0. The van der Waals surface area contributed by atoms with Crippen molar-refractivity contribution in [2.45, 2.75) is 33.3 Å². The third-order valence-electron chi connectivity index (χ3n) is 5.38. The number of piperazine rings is 1. The average Bonchev–Trinajstić information content (AvgIpc) is 2.71. The van der Waals surface area contributed by atoms with E-state index in [2.05, 4.69) is 46.2 Å². The third-order valence-corrected chi connectivity index (χ3v) is 5.38. The predicted molar refractivity (Wildman–Crippen MR) is 133 cm³/mol. The van der Waals surface area contributed by atoms with E-state index in [0.29, 0.717) is 12.5 Å². The highest BCUT2D eigenvalue weighted by molar-refractivity contribution is 14.0. The molecule has 0 bridgehead atoms. The second-order valence-corrected chi connectivity index (χ2v) is 8.06. The van der Waals surface area contributed by atoms with E-state index < -0.39 is 5.60 Å². The molecule has 2 unspecified atom stereocenters. The number of likely N-dealkylation sites (N-methyl/N-ethyl adjacent to an activating group) is 1. The first-order valence-corrected chi connectivity index (χ1v) is 10.7. The number of hydrogen-bond acceptors (Lipinski definition) is 4. The standard InChI is InChI=1S/C22H39N5O.HI/c1-5-23-21(25-18-22(4,28)20-10-8-7-9-11-20)24-16-19(3)17-27-14-12-26(6-2)13-15-27;/h7-11,19,28H,5-6,12-18H2,1-4H3,(H2,23,24,25);1H. The summed E-state index contributed by atoms with van der Waals surface area (Å²) in [5.41, 5.74) is -0.0945. The van der Waals surface area contributed by atoms with E-state index in [0.717, 1.165) is 50.8 Å². The molecule has 166 valence electrons. The average molecular weight is 518 g/mol. The number of rotatable bonds is 9. The Hall–Kier alpha value is -0.900. The van der Waals surface area contributed by atoms with Crippen LogP contribution in [0.25, 0.3) is 0 Å². The molecule has 0 aliphatic carbocycles. The third kappa shape index (κ3) is 9.19. The molecule has 0 spiro atoms. The van der Waals surface area contributed by atoms with Gasteiger partial charge in [-0.25, -0.2) is 4.99 Å². The van der Waals surface area contributed by atoms with Crippen molar-refractivity contribution in [1.29, 1.82) is 0 Å². The molecule has 1 fully saturated rings. The number of halogens is 1. The Morgan fingerprint density at radius 3 is 2.31 bits per heavy atom. The van der Waals surface area contributed by atoms with Crippen molar-refractivity contribution < 1.29 is 5.11 Å². The van der Waals surface area contributed by atoms with Crippen molar-refractivity contribution in [1.82, 2.24) is 20.4 Å². The zero-order valence-corrected chi connectivity index (χ0v) is 20.9. The van der Waals surface area contributed by atoms with Crippen LogP contribution in [0.1, 0.15) is 33.3 Å². The number of guanidine groups is 1. The Labute approximate surface area is 194 Å². The van der Waals surface area contributed by atoms with Gasteiger partial charge in [0.1, 0.15) is 5.60 Å². The van der Waals surface area contributed by atoms with Crippen LogP contribution in [-0.2, 0) is 5.60 Å². The van der Waals surface area contributed by atoms with Crippen molar-refractivity contribution in [2.75, 3.05) is 58.9 Å². The second kappa shape index (κ2) is 13.4. The van der Waals surface area contributed by atoms with E-state index in [1.807, 2.05) is 37.3 Å². The lowest BCUT2D eigenvalue weighted by Gasteiger charge is -2.35. The van der Waals surface area contributed by atoms with Crippen molar-refractivity contribution >= 4 is 29.9 Å². The second-order valence-electron chi connectivity index (χ2n) is 8.06. The summed E-state index contributed by atoms with van der Waals surface area (Å²) in [5.74, 6) is 1.30. The van der Waals surface area contributed by atoms with Crippen LogP contribution in [0.5, 0.6) is 0 Å². The number of aliphatic imine (C=N–C) groups is 1. The van der Waals surface area contributed by atoms with Crippen molar-refractivity contribution in [3.63, 3.8) is 0 Å². The van der Waals surface area contributed by atoms with Crippen LogP contribution in [0, 0.1) is 5.92 Å². The molecule has 1 saturated heterocycles. The lowest BCUT2D eigenvalue weighted by Crippen LogP contribution is -2.48. The predicted octanol–water partition coefficient (Wildman–Crippen LogP) is 2.34.